The normalized spacial score (nSPS) is 27.9. The SMILES string of the molecule is CNCC1(CN(C)Cc2ccsc2)CCCC(C)C1. The second kappa shape index (κ2) is 6.87. The van der Waals surface area contributed by atoms with Gasteiger partial charge in [-0.3, -0.25) is 0 Å². The zero-order valence-corrected chi connectivity index (χ0v) is 13.4. The maximum Gasteiger partial charge on any atom is 0.0239 e. The van der Waals surface area contributed by atoms with Gasteiger partial charge in [0.2, 0.25) is 0 Å². The summed E-state index contributed by atoms with van der Waals surface area (Å²) < 4.78 is 0. The number of nitrogens with one attached hydrogen (secondary N) is 1. The summed E-state index contributed by atoms with van der Waals surface area (Å²) in [6, 6.07) is 2.25. The van der Waals surface area contributed by atoms with Gasteiger partial charge < -0.3 is 10.2 Å². The summed E-state index contributed by atoms with van der Waals surface area (Å²) in [5.41, 5.74) is 1.94. The van der Waals surface area contributed by atoms with E-state index in [-0.39, 0.29) is 0 Å². The average Bonchev–Trinajstić information content (AvgIpc) is 2.81. The average molecular weight is 280 g/mol. The summed E-state index contributed by atoms with van der Waals surface area (Å²) in [6.07, 6.45) is 5.57. The molecule has 0 bridgehead atoms. The quantitative estimate of drug-likeness (QED) is 0.856. The lowest BCUT2D eigenvalue weighted by atomic mass is 9.69. The van der Waals surface area contributed by atoms with Crippen molar-refractivity contribution in [3.63, 3.8) is 0 Å². The molecule has 0 aliphatic heterocycles. The summed E-state index contributed by atoms with van der Waals surface area (Å²) >= 11 is 1.80. The highest BCUT2D eigenvalue weighted by molar-refractivity contribution is 7.07. The van der Waals surface area contributed by atoms with Crippen LogP contribution in [0.25, 0.3) is 0 Å². The van der Waals surface area contributed by atoms with Crippen LogP contribution in [-0.4, -0.2) is 32.1 Å². The molecule has 2 rings (SSSR count). The third-order valence-electron chi connectivity index (χ3n) is 4.38. The third kappa shape index (κ3) is 4.30. The topological polar surface area (TPSA) is 15.3 Å². The molecule has 1 fully saturated rings. The highest BCUT2D eigenvalue weighted by Gasteiger charge is 2.35. The van der Waals surface area contributed by atoms with Crippen LogP contribution in [0.5, 0.6) is 0 Å². The fourth-order valence-electron chi connectivity index (χ4n) is 3.83. The zero-order chi connectivity index (χ0) is 13.7. The van der Waals surface area contributed by atoms with E-state index in [4.69, 9.17) is 0 Å². The fourth-order valence-corrected chi connectivity index (χ4v) is 4.49. The van der Waals surface area contributed by atoms with Gasteiger partial charge in [0, 0.05) is 19.6 Å². The van der Waals surface area contributed by atoms with Gasteiger partial charge in [0.15, 0.2) is 0 Å². The van der Waals surface area contributed by atoms with Crippen molar-refractivity contribution < 1.29 is 0 Å². The number of hydrogen-bond acceptors (Lipinski definition) is 3. The van der Waals surface area contributed by atoms with Crippen LogP contribution in [0.15, 0.2) is 16.8 Å². The largest absolute Gasteiger partial charge is 0.319 e. The molecular weight excluding hydrogens is 252 g/mol. The van der Waals surface area contributed by atoms with Gasteiger partial charge >= 0.3 is 0 Å². The Kier molecular flexibility index (Phi) is 5.43. The molecule has 0 saturated heterocycles. The molecule has 1 heterocycles. The molecule has 2 nitrogen and oxygen atoms in total. The molecule has 3 heteroatoms. The first-order valence-corrected chi connectivity index (χ1v) is 8.42. The lowest BCUT2D eigenvalue weighted by Gasteiger charge is -2.42. The first-order valence-electron chi connectivity index (χ1n) is 7.48. The Labute approximate surface area is 122 Å². The van der Waals surface area contributed by atoms with Crippen LogP contribution in [0, 0.1) is 11.3 Å². The minimum absolute atomic E-state index is 0.483. The Morgan fingerprint density at radius 3 is 3.00 bits per heavy atom. The Hall–Kier alpha value is -0.380. The van der Waals surface area contributed by atoms with Crippen molar-refractivity contribution in [1.82, 2.24) is 10.2 Å². The standard InChI is InChI=1S/C16H28N2S/c1-14-5-4-7-16(9-14,12-17-2)13-18(3)10-15-6-8-19-11-15/h6,8,11,14,17H,4-5,7,9-10,12-13H2,1-3H3. The van der Waals surface area contributed by atoms with E-state index in [1.165, 1.54) is 37.8 Å². The van der Waals surface area contributed by atoms with E-state index in [9.17, 15) is 0 Å². The molecule has 2 unspecified atom stereocenters. The maximum absolute atomic E-state index is 3.44. The first kappa shape index (κ1) is 15.0. The van der Waals surface area contributed by atoms with Crippen molar-refractivity contribution in [1.29, 1.82) is 0 Å². The summed E-state index contributed by atoms with van der Waals surface area (Å²) in [6.45, 7) is 5.88. The monoisotopic (exact) mass is 280 g/mol. The van der Waals surface area contributed by atoms with E-state index in [1.807, 2.05) is 0 Å². The number of rotatable bonds is 6. The molecule has 0 amide bonds. The molecule has 0 spiro atoms. The van der Waals surface area contributed by atoms with E-state index in [0.29, 0.717) is 5.41 Å². The highest BCUT2D eigenvalue weighted by Crippen LogP contribution is 2.39. The van der Waals surface area contributed by atoms with Crippen molar-refractivity contribution in [3.8, 4) is 0 Å². The van der Waals surface area contributed by atoms with E-state index >= 15 is 0 Å². The predicted octanol–water partition coefficient (Wildman–Crippen LogP) is 3.60. The molecule has 1 N–H and O–H groups in total. The maximum atomic E-state index is 3.44. The van der Waals surface area contributed by atoms with Crippen LogP contribution in [0.4, 0.5) is 0 Å². The molecule has 1 aromatic rings. The molecule has 2 atom stereocenters. The van der Waals surface area contributed by atoms with Gasteiger partial charge in [0.25, 0.3) is 0 Å². The molecule has 0 radical (unpaired) electrons. The van der Waals surface area contributed by atoms with Crippen LogP contribution in [0.1, 0.15) is 38.2 Å². The van der Waals surface area contributed by atoms with E-state index in [2.05, 4.69) is 48.1 Å². The smallest absolute Gasteiger partial charge is 0.0239 e. The van der Waals surface area contributed by atoms with Crippen LogP contribution in [0.3, 0.4) is 0 Å². The van der Waals surface area contributed by atoms with Crippen LogP contribution in [-0.2, 0) is 6.54 Å². The highest BCUT2D eigenvalue weighted by atomic mass is 32.1. The summed E-state index contributed by atoms with van der Waals surface area (Å²) in [5, 5.41) is 7.88. The molecule has 0 aromatic carbocycles. The van der Waals surface area contributed by atoms with Crippen LogP contribution < -0.4 is 5.32 Å². The third-order valence-corrected chi connectivity index (χ3v) is 5.11. The lowest BCUT2D eigenvalue weighted by molar-refractivity contribution is 0.0911. The van der Waals surface area contributed by atoms with E-state index in [1.54, 1.807) is 11.3 Å². The molecule has 1 aliphatic rings. The lowest BCUT2D eigenvalue weighted by Crippen LogP contribution is -2.44. The minimum atomic E-state index is 0.483. The van der Waals surface area contributed by atoms with Crippen molar-refractivity contribution in [2.45, 2.75) is 39.2 Å². The second-order valence-electron chi connectivity index (χ2n) is 6.54. The van der Waals surface area contributed by atoms with Gasteiger partial charge in [-0.05, 0) is 60.7 Å². The summed E-state index contributed by atoms with van der Waals surface area (Å²) in [5.74, 6) is 0.886. The molecule has 108 valence electrons. The van der Waals surface area contributed by atoms with Gasteiger partial charge in [-0.1, -0.05) is 19.8 Å². The molecule has 1 aromatic heterocycles. The van der Waals surface area contributed by atoms with Crippen molar-refractivity contribution >= 4 is 11.3 Å². The molecule has 19 heavy (non-hydrogen) atoms. The van der Waals surface area contributed by atoms with Crippen molar-refractivity contribution in [3.05, 3.63) is 22.4 Å². The zero-order valence-electron chi connectivity index (χ0n) is 12.6. The minimum Gasteiger partial charge on any atom is -0.319 e. The molecule has 1 aliphatic carbocycles. The number of thiophene rings is 1. The predicted molar refractivity (Wildman–Crippen MR) is 84.6 cm³/mol. The van der Waals surface area contributed by atoms with Gasteiger partial charge in [0.1, 0.15) is 0 Å². The van der Waals surface area contributed by atoms with Crippen LogP contribution in [0.2, 0.25) is 0 Å². The first-order chi connectivity index (χ1) is 9.13. The Morgan fingerprint density at radius 2 is 2.37 bits per heavy atom. The fraction of sp³-hybridized carbons (Fsp3) is 0.750. The number of hydrogen-bond donors (Lipinski definition) is 1. The van der Waals surface area contributed by atoms with E-state index in [0.717, 1.165) is 19.0 Å². The number of nitrogens with zero attached hydrogens (tertiary/aromatic N) is 1. The van der Waals surface area contributed by atoms with E-state index < -0.39 is 0 Å². The summed E-state index contributed by atoms with van der Waals surface area (Å²) in [4.78, 5) is 2.51. The van der Waals surface area contributed by atoms with Gasteiger partial charge in [0.05, 0.1) is 0 Å². The second-order valence-corrected chi connectivity index (χ2v) is 7.32. The van der Waals surface area contributed by atoms with Gasteiger partial charge in [-0.25, -0.2) is 0 Å². The Morgan fingerprint density at radius 1 is 1.53 bits per heavy atom. The molecule has 1 saturated carbocycles. The Bertz CT molecular complexity index is 359. The molecular formula is C16H28N2S. The van der Waals surface area contributed by atoms with Crippen LogP contribution >= 0.6 is 11.3 Å². The Balaban J connectivity index is 1.95. The van der Waals surface area contributed by atoms with Gasteiger partial charge in [-0.2, -0.15) is 11.3 Å². The van der Waals surface area contributed by atoms with Gasteiger partial charge in [-0.15, -0.1) is 0 Å². The van der Waals surface area contributed by atoms with Crippen molar-refractivity contribution in [2.75, 3.05) is 27.2 Å². The summed E-state index contributed by atoms with van der Waals surface area (Å²) in [7, 11) is 4.37. The van der Waals surface area contributed by atoms with Crippen molar-refractivity contribution in [2.24, 2.45) is 11.3 Å².